The van der Waals surface area contributed by atoms with Crippen molar-refractivity contribution in [1.29, 1.82) is 0 Å². The second-order valence-corrected chi connectivity index (χ2v) is 8.13. The number of likely N-dealkylation sites (tertiary alicyclic amines) is 1. The lowest BCUT2D eigenvalue weighted by Gasteiger charge is -2.49. The molecule has 0 unspecified atom stereocenters. The van der Waals surface area contributed by atoms with Gasteiger partial charge in [-0.2, -0.15) is 0 Å². The Labute approximate surface area is 191 Å². The van der Waals surface area contributed by atoms with Gasteiger partial charge in [-0.05, 0) is 30.5 Å². The van der Waals surface area contributed by atoms with Gasteiger partial charge >= 0.3 is 12.2 Å². The highest BCUT2D eigenvalue weighted by atomic mass is 19.1. The normalized spacial score (nSPS) is 16.7. The summed E-state index contributed by atoms with van der Waals surface area (Å²) in [6.45, 7) is -0.169. The molecule has 1 spiro atoms. The van der Waals surface area contributed by atoms with Crippen LogP contribution >= 0.6 is 0 Å². The van der Waals surface area contributed by atoms with Crippen molar-refractivity contribution in [1.82, 2.24) is 24.7 Å². The molecule has 0 aliphatic carbocycles. The van der Waals surface area contributed by atoms with Gasteiger partial charge in [0.2, 0.25) is 5.75 Å². The van der Waals surface area contributed by atoms with Gasteiger partial charge in [0.1, 0.15) is 17.2 Å². The topological polar surface area (TPSA) is 165 Å². The van der Waals surface area contributed by atoms with E-state index in [9.17, 15) is 38.9 Å². The number of piperidine rings is 1. The van der Waals surface area contributed by atoms with Crippen molar-refractivity contribution in [2.75, 3.05) is 19.6 Å². The van der Waals surface area contributed by atoms with Crippen LogP contribution in [0.3, 0.4) is 0 Å². The molecule has 0 bridgehead atoms. The van der Waals surface area contributed by atoms with Crippen LogP contribution in [0, 0.1) is 5.82 Å². The Kier molecular flexibility index (Phi) is 5.85. The molecule has 0 saturated carbocycles. The van der Waals surface area contributed by atoms with Crippen LogP contribution < -0.4 is 10.9 Å². The molecule has 1 aromatic heterocycles. The first kappa shape index (κ1) is 23.0. The van der Waals surface area contributed by atoms with Gasteiger partial charge in [-0.1, -0.05) is 12.1 Å². The molecule has 34 heavy (non-hydrogen) atoms. The van der Waals surface area contributed by atoms with Crippen LogP contribution in [0.5, 0.6) is 5.75 Å². The minimum atomic E-state index is -1.34. The molecule has 0 radical (unpaired) electrons. The van der Waals surface area contributed by atoms with E-state index in [-0.39, 0.29) is 51.4 Å². The minimum absolute atomic E-state index is 0.00194. The Bertz CT molecular complexity index is 1210. The van der Waals surface area contributed by atoms with Gasteiger partial charge < -0.3 is 25.5 Å². The number of nitrogens with zero attached hydrogens (tertiary/aromatic N) is 4. The zero-order valence-corrected chi connectivity index (χ0v) is 17.9. The maximum absolute atomic E-state index is 13.1. The highest BCUT2D eigenvalue weighted by molar-refractivity contribution is 5.94. The smallest absolute Gasteiger partial charge is 0.408 e. The number of carboxylic acid groups (broad SMARTS) is 2. The van der Waals surface area contributed by atoms with Crippen LogP contribution in [0.25, 0.3) is 0 Å². The van der Waals surface area contributed by atoms with Crippen molar-refractivity contribution >= 4 is 18.1 Å². The Morgan fingerprint density at radius 1 is 1.03 bits per heavy atom. The number of amides is 3. The number of hydrogen-bond donors (Lipinski definition) is 4. The summed E-state index contributed by atoms with van der Waals surface area (Å²) in [7, 11) is 0. The Morgan fingerprint density at radius 2 is 1.68 bits per heavy atom. The maximum atomic E-state index is 13.1. The molecule has 0 atom stereocenters. The van der Waals surface area contributed by atoms with E-state index in [4.69, 9.17) is 0 Å². The molecule has 3 amide bonds. The molecule has 3 heterocycles. The molecule has 2 aliphatic heterocycles. The lowest BCUT2D eigenvalue weighted by atomic mass is 9.83. The summed E-state index contributed by atoms with van der Waals surface area (Å²) >= 11 is 0. The van der Waals surface area contributed by atoms with Crippen LogP contribution in [0.1, 0.15) is 34.7 Å². The van der Waals surface area contributed by atoms with Crippen LogP contribution in [0.2, 0.25) is 0 Å². The largest absolute Gasteiger partial charge is 0.501 e. The van der Waals surface area contributed by atoms with Crippen molar-refractivity contribution in [3.8, 4) is 5.75 Å². The van der Waals surface area contributed by atoms with Crippen molar-refractivity contribution in [2.45, 2.75) is 31.5 Å². The molecule has 4 rings (SSSR count). The SMILES string of the molecule is O=C(NCc1ccc(F)cc1)c1nc2n(c(=O)c1O)CCN(C(=O)O)C21CCN(C(=O)O)CC1. The van der Waals surface area contributed by atoms with Gasteiger partial charge in [0.25, 0.3) is 11.5 Å². The van der Waals surface area contributed by atoms with Crippen LogP contribution in [-0.4, -0.2) is 72.4 Å². The molecular weight excluding hydrogens is 453 g/mol. The average molecular weight is 475 g/mol. The van der Waals surface area contributed by atoms with Crippen molar-refractivity contribution in [3.63, 3.8) is 0 Å². The highest BCUT2D eigenvalue weighted by Crippen LogP contribution is 2.40. The first-order valence-corrected chi connectivity index (χ1v) is 10.5. The summed E-state index contributed by atoms with van der Waals surface area (Å²) in [5.74, 6) is -2.20. The number of benzene rings is 1. The predicted octanol–water partition coefficient (Wildman–Crippen LogP) is 0.981. The summed E-state index contributed by atoms with van der Waals surface area (Å²) < 4.78 is 14.2. The molecule has 180 valence electrons. The third kappa shape index (κ3) is 3.89. The number of halogens is 1. The summed E-state index contributed by atoms with van der Waals surface area (Å²) in [6.07, 6.45) is -2.36. The lowest BCUT2D eigenvalue weighted by molar-refractivity contribution is 0.00144. The van der Waals surface area contributed by atoms with Crippen LogP contribution in [0.15, 0.2) is 29.1 Å². The number of carbonyl (C=O) groups excluding carboxylic acids is 1. The fourth-order valence-electron chi connectivity index (χ4n) is 4.51. The van der Waals surface area contributed by atoms with E-state index in [0.717, 1.165) is 14.4 Å². The van der Waals surface area contributed by atoms with E-state index in [0.29, 0.717) is 5.56 Å². The van der Waals surface area contributed by atoms with E-state index in [1.54, 1.807) is 0 Å². The molecule has 2 aromatic rings. The summed E-state index contributed by atoms with van der Waals surface area (Å²) in [5, 5.41) is 32.0. The fraction of sp³-hybridized carbons (Fsp3) is 0.381. The summed E-state index contributed by atoms with van der Waals surface area (Å²) in [6, 6.07) is 5.35. The third-order valence-corrected chi connectivity index (χ3v) is 6.30. The molecule has 1 saturated heterocycles. The number of carbonyl (C=O) groups is 3. The van der Waals surface area contributed by atoms with Crippen LogP contribution in [0.4, 0.5) is 14.0 Å². The lowest BCUT2D eigenvalue weighted by Crippen LogP contribution is -2.61. The number of hydrogen-bond acceptors (Lipinski definition) is 6. The molecule has 13 heteroatoms. The minimum Gasteiger partial charge on any atom is -0.501 e. The van der Waals surface area contributed by atoms with Crippen molar-refractivity contribution in [3.05, 3.63) is 57.5 Å². The standard InChI is InChI=1S/C21H22FN5O7/c22-13-3-1-12(2-4-13)11-23-16(29)14-15(28)17(30)26-9-10-27(20(33)34)21(18(26)24-14)5-7-25(8-6-21)19(31)32/h1-4,28H,5-11H2,(H,23,29)(H,31,32)(H,33,34). The van der Waals surface area contributed by atoms with Crippen LogP contribution in [-0.2, 0) is 18.6 Å². The second-order valence-electron chi connectivity index (χ2n) is 8.13. The van der Waals surface area contributed by atoms with E-state index >= 15 is 0 Å². The van der Waals surface area contributed by atoms with Crippen molar-refractivity contribution in [2.24, 2.45) is 0 Å². The maximum Gasteiger partial charge on any atom is 0.408 e. The Hall–Kier alpha value is -4.16. The van der Waals surface area contributed by atoms with E-state index in [1.165, 1.54) is 24.3 Å². The molecule has 4 N–H and O–H groups in total. The number of fused-ring (bicyclic) bond motifs is 2. The average Bonchev–Trinajstić information content (AvgIpc) is 2.81. The number of aromatic nitrogens is 2. The molecule has 1 aromatic carbocycles. The van der Waals surface area contributed by atoms with Gasteiger partial charge in [-0.15, -0.1) is 0 Å². The fourth-order valence-corrected chi connectivity index (χ4v) is 4.51. The van der Waals surface area contributed by atoms with Gasteiger partial charge in [0.05, 0.1) is 0 Å². The summed E-state index contributed by atoms with van der Waals surface area (Å²) in [5.41, 5.74) is -2.22. The quantitative estimate of drug-likeness (QED) is 0.510. The second kappa shape index (κ2) is 8.65. The monoisotopic (exact) mass is 475 g/mol. The van der Waals surface area contributed by atoms with E-state index < -0.39 is 46.5 Å². The van der Waals surface area contributed by atoms with Gasteiger partial charge in [-0.3, -0.25) is 19.1 Å². The summed E-state index contributed by atoms with van der Waals surface area (Å²) in [4.78, 5) is 55.6. The molecule has 1 fully saturated rings. The van der Waals surface area contributed by atoms with E-state index in [2.05, 4.69) is 10.3 Å². The van der Waals surface area contributed by atoms with Crippen molar-refractivity contribution < 1.29 is 34.1 Å². The van der Waals surface area contributed by atoms with Gasteiger partial charge in [0, 0.05) is 32.7 Å². The third-order valence-electron chi connectivity index (χ3n) is 6.30. The Balaban J connectivity index is 1.71. The van der Waals surface area contributed by atoms with Gasteiger partial charge in [-0.25, -0.2) is 19.0 Å². The number of aromatic hydroxyl groups is 1. The Morgan fingerprint density at radius 3 is 2.26 bits per heavy atom. The molecule has 12 nitrogen and oxygen atoms in total. The zero-order chi connectivity index (χ0) is 24.6. The molecular formula is C21H22FN5O7. The number of nitrogens with one attached hydrogen (secondary N) is 1. The first-order chi connectivity index (χ1) is 16.1. The number of rotatable bonds is 3. The zero-order valence-electron chi connectivity index (χ0n) is 17.9. The predicted molar refractivity (Wildman–Crippen MR) is 113 cm³/mol. The highest BCUT2D eigenvalue weighted by Gasteiger charge is 2.50. The first-order valence-electron chi connectivity index (χ1n) is 10.5. The molecule has 2 aliphatic rings. The van der Waals surface area contributed by atoms with Gasteiger partial charge in [0.15, 0.2) is 5.69 Å². The van der Waals surface area contributed by atoms with E-state index in [1.807, 2.05) is 0 Å².